The Labute approximate surface area is 170 Å². The molecule has 1 aliphatic heterocycles. The van der Waals surface area contributed by atoms with Gasteiger partial charge in [0.25, 0.3) is 0 Å². The highest BCUT2D eigenvalue weighted by Gasteiger charge is 2.15. The standard InChI is InChI=1S/C24H21ClN2O/c1-28-23-11-10-17(15-21(23)20-8-2-3-9-22(20)25)14-18-6-5-13-27-24(18)19-7-4-12-26-16-19/h2-4,7-12,14-16H,5-6,13H2,1H3. The fraction of sp³-hybridized carbons (Fsp3) is 0.167. The van der Waals surface area contributed by atoms with Gasteiger partial charge >= 0.3 is 0 Å². The van der Waals surface area contributed by atoms with Crippen LogP contribution in [0.15, 0.2) is 77.6 Å². The van der Waals surface area contributed by atoms with Crippen LogP contribution in [0, 0.1) is 0 Å². The zero-order valence-corrected chi connectivity index (χ0v) is 16.5. The summed E-state index contributed by atoms with van der Waals surface area (Å²) in [5, 5.41) is 0.709. The van der Waals surface area contributed by atoms with Crippen molar-refractivity contribution in [1.82, 2.24) is 4.98 Å². The second-order valence-electron chi connectivity index (χ2n) is 6.68. The van der Waals surface area contributed by atoms with E-state index in [0.717, 1.165) is 53.1 Å². The average Bonchev–Trinajstić information content (AvgIpc) is 2.75. The van der Waals surface area contributed by atoms with Crippen molar-refractivity contribution in [3.63, 3.8) is 0 Å². The number of allylic oxidation sites excluding steroid dienone is 1. The fourth-order valence-corrected chi connectivity index (χ4v) is 3.74. The van der Waals surface area contributed by atoms with E-state index in [-0.39, 0.29) is 0 Å². The lowest BCUT2D eigenvalue weighted by Crippen LogP contribution is -2.11. The minimum atomic E-state index is 0.709. The molecule has 0 spiro atoms. The van der Waals surface area contributed by atoms with Crippen molar-refractivity contribution in [3.8, 4) is 16.9 Å². The molecule has 0 amide bonds. The number of ether oxygens (including phenoxy) is 1. The number of hydrogen-bond acceptors (Lipinski definition) is 3. The minimum absolute atomic E-state index is 0.709. The van der Waals surface area contributed by atoms with Crippen LogP contribution in [0.2, 0.25) is 5.02 Å². The van der Waals surface area contributed by atoms with Crippen LogP contribution in [0.5, 0.6) is 5.75 Å². The summed E-state index contributed by atoms with van der Waals surface area (Å²) in [6.45, 7) is 0.856. The highest BCUT2D eigenvalue weighted by Crippen LogP contribution is 2.36. The number of rotatable bonds is 4. The molecule has 0 saturated carbocycles. The Morgan fingerprint density at radius 2 is 1.93 bits per heavy atom. The van der Waals surface area contributed by atoms with Gasteiger partial charge in [0.1, 0.15) is 5.75 Å². The lowest BCUT2D eigenvalue weighted by molar-refractivity contribution is 0.416. The minimum Gasteiger partial charge on any atom is -0.496 e. The molecule has 4 heteroatoms. The molecule has 1 aromatic heterocycles. The molecule has 0 aliphatic carbocycles. The lowest BCUT2D eigenvalue weighted by atomic mass is 9.94. The SMILES string of the molecule is COc1ccc(C=C2CCCN=C2c2cccnc2)cc1-c1ccccc1Cl. The molecule has 28 heavy (non-hydrogen) atoms. The van der Waals surface area contributed by atoms with Crippen LogP contribution >= 0.6 is 11.6 Å². The maximum atomic E-state index is 6.44. The molecule has 0 saturated heterocycles. The van der Waals surface area contributed by atoms with Crippen LogP contribution in [-0.2, 0) is 0 Å². The lowest BCUT2D eigenvalue weighted by Gasteiger charge is -2.17. The predicted octanol–water partition coefficient (Wildman–Crippen LogP) is 6.08. The molecule has 0 bridgehead atoms. The first-order chi connectivity index (χ1) is 13.8. The second kappa shape index (κ2) is 8.41. The summed E-state index contributed by atoms with van der Waals surface area (Å²) < 4.78 is 5.58. The topological polar surface area (TPSA) is 34.5 Å². The first kappa shape index (κ1) is 18.5. The van der Waals surface area contributed by atoms with Crippen LogP contribution in [0.4, 0.5) is 0 Å². The smallest absolute Gasteiger partial charge is 0.126 e. The number of pyridine rings is 1. The first-order valence-electron chi connectivity index (χ1n) is 9.35. The Morgan fingerprint density at radius 1 is 1.04 bits per heavy atom. The number of benzene rings is 2. The zero-order chi connectivity index (χ0) is 19.3. The third-order valence-electron chi connectivity index (χ3n) is 4.84. The summed E-state index contributed by atoms with van der Waals surface area (Å²) in [5.74, 6) is 0.806. The van der Waals surface area contributed by atoms with Crippen molar-refractivity contribution < 1.29 is 4.74 Å². The quantitative estimate of drug-likeness (QED) is 0.543. The number of nitrogens with zero attached hydrogens (tertiary/aromatic N) is 2. The number of hydrogen-bond donors (Lipinski definition) is 0. The summed E-state index contributed by atoms with van der Waals surface area (Å²) in [6.07, 6.45) is 7.94. The largest absolute Gasteiger partial charge is 0.496 e. The Morgan fingerprint density at radius 3 is 2.71 bits per heavy atom. The van der Waals surface area contributed by atoms with E-state index >= 15 is 0 Å². The number of methoxy groups -OCH3 is 1. The van der Waals surface area contributed by atoms with E-state index in [1.165, 1.54) is 5.57 Å². The van der Waals surface area contributed by atoms with E-state index in [1.54, 1.807) is 13.3 Å². The average molecular weight is 389 g/mol. The van der Waals surface area contributed by atoms with Gasteiger partial charge in [-0.15, -0.1) is 0 Å². The molecule has 0 N–H and O–H groups in total. The van der Waals surface area contributed by atoms with Crippen LogP contribution in [-0.4, -0.2) is 24.4 Å². The van der Waals surface area contributed by atoms with Crippen molar-refractivity contribution in [2.24, 2.45) is 4.99 Å². The summed E-state index contributed by atoms with van der Waals surface area (Å²) >= 11 is 6.44. The molecule has 0 unspecified atom stereocenters. The molecule has 140 valence electrons. The van der Waals surface area contributed by atoms with Gasteiger partial charge in [-0.05, 0) is 60.4 Å². The molecule has 2 heterocycles. The maximum Gasteiger partial charge on any atom is 0.126 e. The second-order valence-corrected chi connectivity index (χ2v) is 7.09. The van der Waals surface area contributed by atoms with Crippen LogP contribution in [0.25, 0.3) is 17.2 Å². The summed E-state index contributed by atoms with van der Waals surface area (Å²) in [7, 11) is 1.68. The van der Waals surface area contributed by atoms with Crippen molar-refractivity contribution in [2.45, 2.75) is 12.8 Å². The molecular weight excluding hydrogens is 368 g/mol. The zero-order valence-electron chi connectivity index (χ0n) is 15.7. The van der Waals surface area contributed by atoms with Gasteiger partial charge in [0.2, 0.25) is 0 Å². The normalized spacial score (nSPS) is 15.4. The molecule has 2 aromatic carbocycles. The van der Waals surface area contributed by atoms with E-state index in [1.807, 2.05) is 42.6 Å². The maximum absolute atomic E-state index is 6.44. The molecule has 0 atom stereocenters. The van der Waals surface area contributed by atoms with Gasteiger partial charge in [-0.25, -0.2) is 0 Å². The molecule has 3 nitrogen and oxygen atoms in total. The third-order valence-corrected chi connectivity index (χ3v) is 5.17. The molecule has 1 aliphatic rings. The van der Waals surface area contributed by atoms with Gasteiger partial charge in [-0.2, -0.15) is 0 Å². The summed E-state index contributed by atoms with van der Waals surface area (Å²) in [4.78, 5) is 9.02. The van der Waals surface area contributed by atoms with E-state index < -0.39 is 0 Å². The van der Waals surface area contributed by atoms with Crippen molar-refractivity contribution >= 4 is 23.4 Å². The molecule has 0 radical (unpaired) electrons. The van der Waals surface area contributed by atoms with E-state index in [2.05, 4.69) is 29.3 Å². The van der Waals surface area contributed by atoms with E-state index in [0.29, 0.717) is 5.02 Å². The molecular formula is C24H21ClN2O. The Bertz CT molecular complexity index is 1040. The highest BCUT2D eigenvalue weighted by molar-refractivity contribution is 6.33. The Kier molecular flexibility index (Phi) is 5.54. The van der Waals surface area contributed by atoms with Crippen molar-refractivity contribution in [1.29, 1.82) is 0 Å². The van der Waals surface area contributed by atoms with Crippen molar-refractivity contribution in [3.05, 3.63) is 88.7 Å². The number of aliphatic imine (C=N–C) groups is 1. The van der Waals surface area contributed by atoms with Crippen LogP contribution < -0.4 is 4.74 Å². The predicted molar refractivity (Wildman–Crippen MR) is 116 cm³/mol. The van der Waals surface area contributed by atoms with E-state index in [4.69, 9.17) is 21.3 Å². The first-order valence-corrected chi connectivity index (χ1v) is 9.73. The van der Waals surface area contributed by atoms with Crippen LogP contribution in [0.1, 0.15) is 24.0 Å². The van der Waals surface area contributed by atoms with Gasteiger partial charge in [0.15, 0.2) is 0 Å². The Balaban J connectivity index is 1.77. The number of halogens is 1. The van der Waals surface area contributed by atoms with Crippen LogP contribution in [0.3, 0.4) is 0 Å². The molecule has 3 aromatic rings. The monoisotopic (exact) mass is 388 g/mol. The fourth-order valence-electron chi connectivity index (χ4n) is 3.51. The van der Waals surface area contributed by atoms with Gasteiger partial charge in [-0.1, -0.05) is 35.9 Å². The van der Waals surface area contributed by atoms with Crippen molar-refractivity contribution in [2.75, 3.05) is 13.7 Å². The molecule has 4 rings (SSSR count). The summed E-state index contributed by atoms with van der Waals surface area (Å²) in [6, 6.07) is 18.0. The summed E-state index contributed by atoms with van der Waals surface area (Å²) in [5.41, 5.74) is 6.38. The molecule has 0 fully saturated rings. The van der Waals surface area contributed by atoms with Gasteiger partial charge in [0.05, 0.1) is 12.8 Å². The van der Waals surface area contributed by atoms with E-state index in [9.17, 15) is 0 Å². The van der Waals surface area contributed by atoms with Gasteiger partial charge in [-0.3, -0.25) is 9.98 Å². The third kappa shape index (κ3) is 3.85. The number of aromatic nitrogens is 1. The Hall–Kier alpha value is -2.91. The van der Waals surface area contributed by atoms with Gasteiger partial charge in [0, 0.05) is 40.7 Å². The van der Waals surface area contributed by atoms with Gasteiger partial charge < -0.3 is 4.74 Å². The highest BCUT2D eigenvalue weighted by atomic mass is 35.5.